The maximum Gasteiger partial charge on any atom is 0.266 e. The fraction of sp³-hybridized carbons (Fsp3) is 0.969. The summed E-state index contributed by atoms with van der Waals surface area (Å²) < 4.78 is 32.3. The first-order valence-electron chi connectivity index (χ1n) is 16.4. The van der Waals surface area contributed by atoms with Gasteiger partial charge in [0.05, 0.1) is 17.9 Å². The van der Waals surface area contributed by atoms with E-state index in [1.807, 2.05) is 0 Å². The van der Waals surface area contributed by atoms with Crippen molar-refractivity contribution in [3.05, 3.63) is 0 Å². The van der Waals surface area contributed by atoms with Crippen LogP contribution in [0.5, 0.6) is 0 Å². The molecule has 0 radical (unpaired) electrons. The van der Waals surface area contributed by atoms with Crippen LogP contribution in [0, 0.1) is 11.8 Å². The summed E-state index contributed by atoms with van der Waals surface area (Å²) in [5.74, 6) is 0.701. The first-order valence-corrected chi connectivity index (χ1v) is 18.0. The predicted octanol–water partition coefficient (Wildman–Crippen LogP) is 8.61. The van der Waals surface area contributed by atoms with Gasteiger partial charge in [0.25, 0.3) is 10.1 Å². The molecule has 0 fully saturated rings. The van der Waals surface area contributed by atoms with Crippen molar-refractivity contribution in [2.24, 2.45) is 11.8 Å². The Bertz CT molecular complexity index is 665. The van der Waals surface area contributed by atoms with E-state index in [-0.39, 0.29) is 5.91 Å². The van der Waals surface area contributed by atoms with Crippen molar-refractivity contribution in [2.75, 3.05) is 5.75 Å². The summed E-state index contributed by atoms with van der Waals surface area (Å²) in [6, 6.07) is -0.964. The van der Waals surface area contributed by atoms with E-state index in [0.717, 1.165) is 50.4 Å². The van der Waals surface area contributed by atoms with E-state index >= 15 is 0 Å². The second-order valence-electron chi connectivity index (χ2n) is 12.8. The quantitative estimate of drug-likeness (QED) is 0.0640. The topological polar surface area (TPSA) is 104 Å². The predicted molar refractivity (Wildman–Crippen MR) is 166 cm³/mol. The van der Waals surface area contributed by atoms with Crippen LogP contribution in [0.1, 0.15) is 169 Å². The molecule has 2 atom stereocenters. The number of rotatable bonds is 28. The third kappa shape index (κ3) is 28.7. The van der Waals surface area contributed by atoms with Crippen LogP contribution in [0.25, 0.3) is 0 Å². The van der Waals surface area contributed by atoms with Crippen LogP contribution >= 0.6 is 0 Å². The molecule has 7 heteroatoms. The minimum Gasteiger partial charge on any atom is -0.391 e. The molecule has 0 unspecified atom stereocenters. The zero-order valence-corrected chi connectivity index (χ0v) is 26.9. The fourth-order valence-corrected chi connectivity index (χ4v) is 5.93. The molecule has 0 saturated carbocycles. The second kappa shape index (κ2) is 25.1. The number of amides is 1. The Balaban J connectivity index is 3.98. The van der Waals surface area contributed by atoms with Crippen LogP contribution in [0.3, 0.4) is 0 Å². The van der Waals surface area contributed by atoms with E-state index in [2.05, 4.69) is 33.0 Å². The Morgan fingerprint density at radius 3 is 1.28 bits per heavy atom. The number of hydrogen-bond donors (Lipinski definition) is 3. The van der Waals surface area contributed by atoms with Crippen LogP contribution in [0.4, 0.5) is 0 Å². The SMILES string of the molecule is CC(C)CCCCCCCCCCCC(=O)N[C@@H](CS(=O)(=O)O)[C@H](O)CCCCCCCCCCCC(C)C. The molecule has 0 aliphatic heterocycles. The van der Waals surface area contributed by atoms with Crippen molar-refractivity contribution in [1.82, 2.24) is 5.32 Å². The zero-order valence-electron chi connectivity index (χ0n) is 26.1. The van der Waals surface area contributed by atoms with Crippen LogP contribution in [-0.4, -0.2) is 41.9 Å². The van der Waals surface area contributed by atoms with Crippen molar-refractivity contribution in [1.29, 1.82) is 0 Å². The number of carbonyl (C=O) groups is 1. The van der Waals surface area contributed by atoms with Gasteiger partial charge in [0.2, 0.25) is 5.91 Å². The van der Waals surface area contributed by atoms with Gasteiger partial charge in [-0.25, -0.2) is 0 Å². The lowest BCUT2D eigenvalue weighted by Gasteiger charge is -2.23. The highest BCUT2D eigenvalue weighted by atomic mass is 32.2. The minimum absolute atomic E-state index is 0.249. The molecule has 0 aliphatic rings. The molecular formula is C32H65NO5S. The maximum absolute atomic E-state index is 12.4. The molecule has 6 nitrogen and oxygen atoms in total. The number of aliphatic hydroxyl groups is 1. The Morgan fingerprint density at radius 1 is 0.590 bits per heavy atom. The van der Waals surface area contributed by atoms with E-state index in [1.165, 1.54) is 89.9 Å². The van der Waals surface area contributed by atoms with Crippen molar-refractivity contribution >= 4 is 16.0 Å². The van der Waals surface area contributed by atoms with Gasteiger partial charge in [-0.05, 0) is 24.7 Å². The summed E-state index contributed by atoms with van der Waals surface area (Å²) in [5, 5.41) is 13.2. The molecular weight excluding hydrogens is 510 g/mol. The molecule has 39 heavy (non-hydrogen) atoms. The molecule has 3 N–H and O–H groups in total. The zero-order chi connectivity index (χ0) is 29.4. The monoisotopic (exact) mass is 575 g/mol. The largest absolute Gasteiger partial charge is 0.391 e. The average molecular weight is 576 g/mol. The standard InChI is InChI=1S/C32H65NO5S/c1-28(2)23-19-15-11-7-5-9-13-17-21-25-31(34)30(27-39(36,37)38)33-32(35)26-22-18-14-10-6-8-12-16-20-24-29(3)4/h28-31,34H,5-27H2,1-4H3,(H,33,35)(H,36,37,38)/t30-,31+/m0/s1. The molecule has 0 heterocycles. The van der Waals surface area contributed by atoms with E-state index in [1.54, 1.807) is 0 Å². The molecule has 1 amide bonds. The van der Waals surface area contributed by atoms with Crippen LogP contribution in [-0.2, 0) is 14.9 Å². The lowest BCUT2D eigenvalue weighted by atomic mass is 10.0. The van der Waals surface area contributed by atoms with Gasteiger partial charge in [-0.1, -0.05) is 150 Å². The molecule has 0 aliphatic carbocycles. The maximum atomic E-state index is 12.4. The molecule has 0 saturated heterocycles. The van der Waals surface area contributed by atoms with Crippen molar-refractivity contribution in [3.8, 4) is 0 Å². The first-order chi connectivity index (χ1) is 18.5. The third-order valence-corrected chi connectivity index (χ3v) is 8.45. The van der Waals surface area contributed by atoms with Gasteiger partial charge in [0.15, 0.2) is 0 Å². The minimum atomic E-state index is -4.29. The number of unbranched alkanes of at least 4 members (excludes halogenated alkanes) is 16. The van der Waals surface area contributed by atoms with E-state index in [4.69, 9.17) is 0 Å². The normalized spacial score (nSPS) is 13.7. The van der Waals surface area contributed by atoms with E-state index < -0.39 is 28.0 Å². The summed E-state index contributed by atoms with van der Waals surface area (Å²) in [6.45, 7) is 9.10. The summed E-state index contributed by atoms with van der Waals surface area (Å²) in [7, 11) is -4.29. The van der Waals surface area contributed by atoms with Crippen molar-refractivity contribution in [2.45, 2.75) is 181 Å². The first kappa shape index (κ1) is 38.3. The highest BCUT2D eigenvalue weighted by Gasteiger charge is 2.26. The van der Waals surface area contributed by atoms with E-state index in [0.29, 0.717) is 12.8 Å². The summed E-state index contributed by atoms with van der Waals surface area (Å²) in [5.41, 5.74) is 0. The smallest absolute Gasteiger partial charge is 0.266 e. The van der Waals surface area contributed by atoms with Gasteiger partial charge in [-0.3, -0.25) is 9.35 Å². The van der Waals surface area contributed by atoms with Crippen molar-refractivity contribution < 1.29 is 22.9 Å². The Morgan fingerprint density at radius 2 is 0.923 bits per heavy atom. The van der Waals surface area contributed by atoms with Crippen LogP contribution in [0.15, 0.2) is 0 Å². The van der Waals surface area contributed by atoms with Gasteiger partial charge < -0.3 is 10.4 Å². The second-order valence-corrected chi connectivity index (χ2v) is 14.3. The van der Waals surface area contributed by atoms with Crippen LogP contribution in [0.2, 0.25) is 0 Å². The van der Waals surface area contributed by atoms with Gasteiger partial charge in [-0.2, -0.15) is 8.42 Å². The van der Waals surface area contributed by atoms with Gasteiger partial charge in [-0.15, -0.1) is 0 Å². The van der Waals surface area contributed by atoms with Gasteiger partial charge >= 0.3 is 0 Å². The lowest BCUT2D eigenvalue weighted by Crippen LogP contribution is -2.47. The Kier molecular flexibility index (Phi) is 24.7. The number of hydrogen-bond acceptors (Lipinski definition) is 4. The molecule has 0 aromatic carbocycles. The molecule has 0 bridgehead atoms. The van der Waals surface area contributed by atoms with Gasteiger partial charge in [0, 0.05) is 6.42 Å². The highest BCUT2D eigenvalue weighted by Crippen LogP contribution is 2.16. The Labute approximate surface area is 242 Å². The summed E-state index contributed by atoms with van der Waals surface area (Å²) in [4.78, 5) is 12.4. The van der Waals surface area contributed by atoms with Crippen LogP contribution < -0.4 is 5.32 Å². The molecule has 0 rings (SSSR count). The number of aliphatic hydroxyl groups excluding tert-OH is 1. The molecule has 0 spiro atoms. The highest BCUT2D eigenvalue weighted by molar-refractivity contribution is 7.85. The summed E-state index contributed by atoms with van der Waals surface area (Å²) in [6.07, 6.45) is 23.5. The fourth-order valence-electron chi connectivity index (χ4n) is 5.18. The Hall–Kier alpha value is -0.660. The van der Waals surface area contributed by atoms with Gasteiger partial charge in [0.1, 0.15) is 0 Å². The molecule has 234 valence electrons. The average Bonchev–Trinajstić information content (AvgIpc) is 2.84. The lowest BCUT2D eigenvalue weighted by molar-refractivity contribution is -0.122. The summed E-state index contributed by atoms with van der Waals surface area (Å²) >= 11 is 0. The van der Waals surface area contributed by atoms with E-state index in [9.17, 15) is 22.9 Å². The molecule has 0 aromatic rings. The number of nitrogens with one attached hydrogen (secondary N) is 1. The third-order valence-electron chi connectivity index (χ3n) is 7.67. The van der Waals surface area contributed by atoms with Crippen molar-refractivity contribution in [3.63, 3.8) is 0 Å². The molecule has 0 aromatic heterocycles. The number of carbonyl (C=O) groups excluding carboxylic acids is 1.